The lowest BCUT2D eigenvalue weighted by Crippen LogP contribution is -2.12. The van der Waals surface area contributed by atoms with Crippen LogP contribution < -0.4 is 24.3 Å². The van der Waals surface area contributed by atoms with E-state index in [1.807, 2.05) is 23.6 Å². The van der Waals surface area contributed by atoms with E-state index in [4.69, 9.17) is 30.5 Å². The molecule has 0 saturated carbocycles. The van der Waals surface area contributed by atoms with Crippen LogP contribution in [0.15, 0.2) is 35.7 Å². The zero-order valence-electron chi connectivity index (χ0n) is 16.4. The van der Waals surface area contributed by atoms with Gasteiger partial charge in [-0.05, 0) is 30.3 Å². The molecule has 3 aromatic rings. The number of rotatable bonds is 5. The lowest BCUT2D eigenvalue weighted by atomic mass is 10.1. The third-order valence-corrected chi connectivity index (χ3v) is 5.51. The van der Waals surface area contributed by atoms with Crippen LogP contribution in [0.25, 0.3) is 11.3 Å². The summed E-state index contributed by atoms with van der Waals surface area (Å²) < 4.78 is 21.9. The molecule has 0 fully saturated rings. The average Bonchev–Trinajstić information content (AvgIpc) is 3.08. The Labute approximate surface area is 182 Å². The van der Waals surface area contributed by atoms with Gasteiger partial charge in [0.05, 0.1) is 38.1 Å². The van der Waals surface area contributed by atoms with E-state index in [1.165, 1.54) is 11.3 Å². The first-order valence-corrected chi connectivity index (χ1v) is 10.4. The Hall–Kier alpha value is -2.97. The molecule has 1 aliphatic heterocycles. The molecule has 0 unspecified atom stereocenters. The number of hydrogen-bond acceptors (Lipinski definition) is 7. The number of nitrogens with one attached hydrogen (secondary N) is 1. The van der Waals surface area contributed by atoms with Gasteiger partial charge in [0.25, 0.3) is 5.91 Å². The van der Waals surface area contributed by atoms with Gasteiger partial charge in [-0.1, -0.05) is 11.6 Å². The molecule has 1 aliphatic rings. The van der Waals surface area contributed by atoms with Gasteiger partial charge in [-0.25, -0.2) is 4.98 Å². The van der Waals surface area contributed by atoms with Gasteiger partial charge in [0.2, 0.25) is 0 Å². The predicted octanol–water partition coefficient (Wildman–Crippen LogP) is 4.89. The topological polar surface area (TPSA) is 78.9 Å². The predicted molar refractivity (Wildman–Crippen MR) is 116 cm³/mol. The molecule has 0 bridgehead atoms. The van der Waals surface area contributed by atoms with Gasteiger partial charge in [-0.2, -0.15) is 0 Å². The number of carbonyl (C=O) groups excluding carboxylic acids is 1. The number of amides is 1. The maximum absolute atomic E-state index is 12.7. The summed E-state index contributed by atoms with van der Waals surface area (Å²) in [6.45, 7) is 1.03. The number of benzene rings is 2. The number of halogens is 1. The highest BCUT2D eigenvalue weighted by Gasteiger charge is 2.19. The molecule has 0 saturated heterocycles. The molecule has 0 aliphatic carbocycles. The zero-order valence-corrected chi connectivity index (χ0v) is 17.9. The molecule has 9 heteroatoms. The summed E-state index contributed by atoms with van der Waals surface area (Å²) in [5, 5.41) is 5.47. The van der Waals surface area contributed by atoms with E-state index in [1.54, 1.807) is 26.4 Å². The van der Waals surface area contributed by atoms with Crippen LogP contribution in [0.2, 0.25) is 5.02 Å². The first-order chi connectivity index (χ1) is 14.6. The number of hydrogen-bond donors (Lipinski definition) is 1. The van der Waals surface area contributed by atoms with Crippen molar-refractivity contribution in [3.63, 3.8) is 0 Å². The van der Waals surface area contributed by atoms with Gasteiger partial charge < -0.3 is 18.9 Å². The SMILES string of the molecule is COc1ccc(-c2csc(NC(=O)c3cc(Cl)c4c(c3)OCCCO4)n2)cc1OC. The zero-order chi connectivity index (χ0) is 21.1. The maximum Gasteiger partial charge on any atom is 0.257 e. The number of methoxy groups -OCH3 is 2. The number of anilines is 1. The molecule has 30 heavy (non-hydrogen) atoms. The minimum absolute atomic E-state index is 0.333. The Morgan fingerprint density at radius 1 is 1.13 bits per heavy atom. The molecule has 0 spiro atoms. The first kappa shape index (κ1) is 20.3. The molecule has 2 aromatic carbocycles. The Kier molecular flexibility index (Phi) is 5.96. The minimum atomic E-state index is -0.333. The summed E-state index contributed by atoms with van der Waals surface area (Å²) in [4.78, 5) is 17.2. The van der Waals surface area contributed by atoms with E-state index in [0.717, 1.165) is 12.0 Å². The van der Waals surface area contributed by atoms with E-state index in [0.29, 0.717) is 57.6 Å². The van der Waals surface area contributed by atoms with Crippen LogP contribution in [0.1, 0.15) is 16.8 Å². The van der Waals surface area contributed by atoms with Crippen LogP contribution in [-0.2, 0) is 0 Å². The lowest BCUT2D eigenvalue weighted by molar-refractivity contribution is 0.102. The van der Waals surface area contributed by atoms with E-state index in [2.05, 4.69) is 10.3 Å². The van der Waals surface area contributed by atoms with Crippen LogP contribution >= 0.6 is 22.9 Å². The molecule has 2 heterocycles. The Balaban J connectivity index is 1.54. The lowest BCUT2D eigenvalue weighted by Gasteiger charge is -2.11. The van der Waals surface area contributed by atoms with Crippen molar-refractivity contribution in [1.82, 2.24) is 4.98 Å². The fourth-order valence-corrected chi connectivity index (χ4v) is 3.97. The minimum Gasteiger partial charge on any atom is -0.493 e. The van der Waals surface area contributed by atoms with Crippen LogP contribution in [0, 0.1) is 0 Å². The van der Waals surface area contributed by atoms with E-state index in [-0.39, 0.29) is 5.91 Å². The van der Waals surface area contributed by atoms with Crippen LogP contribution in [0.3, 0.4) is 0 Å². The number of thiazole rings is 1. The Bertz CT molecular complexity index is 1090. The molecule has 0 radical (unpaired) electrons. The summed E-state index contributed by atoms with van der Waals surface area (Å²) in [6.07, 6.45) is 0.755. The standard InChI is InChI=1S/C21H19ClN2O5S/c1-26-16-5-4-12(9-17(16)27-2)15-11-30-21(23-15)24-20(25)13-8-14(22)19-18(10-13)28-6-3-7-29-19/h4-5,8-11H,3,6-7H2,1-2H3,(H,23,24,25). The molecule has 1 N–H and O–H groups in total. The van der Waals surface area contributed by atoms with Crippen molar-refractivity contribution in [2.75, 3.05) is 32.8 Å². The molecule has 156 valence electrons. The highest BCUT2D eigenvalue weighted by atomic mass is 35.5. The molecule has 1 amide bonds. The molecular formula is C21H19ClN2O5S. The molecule has 0 atom stereocenters. The van der Waals surface area contributed by atoms with Gasteiger partial charge in [-0.15, -0.1) is 11.3 Å². The Morgan fingerprint density at radius 3 is 2.73 bits per heavy atom. The van der Waals surface area contributed by atoms with Gasteiger partial charge in [0, 0.05) is 22.9 Å². The second-order valence-electron chi connectivity index (χ2n) is 6.40. The molecular weight excluding hydrogens is 428 g/mol. The van der Waals surface area contributed by atoms with Gasteiger partial charge >= 0.3 is 0 Å². The van der Waals surface area contributed by atoms with Crippen molar-refractivity contribution < 1.29 is 23.7 Å². The van der Waals surface area contributed by atoms with Crippen LogP contribution in [0.5, 0.6) is 23.0 Å². The van der Waals surface area contributed by atoms with Crippen molar-refractivity contribution in [3.05, 3.63) is 46.3 Å². The van der Waals surface area contributed by atoms with Gasteiger partial charge in [0.15, 0.2) is 28.1 Å². The van der Waals surface area contributed by atoms with E-state index >= 15 is 0 Å². The molecule has 1 aromatic heterocycles. The fraction of sp³-hybridized carbons (Fsp3) is 0.238. The van der Waals surface area contributed by atoms with Crippen molar-refractivity contribution in [3.8, 4) is 34.3 Å². The number of nitrogens with zero attached hydrogens (tertiary/aromatic N) is 1. The van der Waals surface area contributed by atoms with Gasteiger partial charge in [0.1, 0.15) is 0 Å². The number of fused-ring (bicyclic) bond motifs is 1. The third-order valence-electron chi connectivity index (χ3n) is 4.47. The number of ether oxygens (including phenoxy) is 4. The highest BCUT2D eigenvalue weighted by molar-refractivity contribution is 7.14. The first-order valence-electron chi connectivity index (χ1n) is 9.17. The van der Waals surface area contributed by atoms with E-state index in [9.17, 15) is 4.79 Å². The van der Waals surface area contributed by atoms with Crippen molar-refractivity contribution >= 4 is 34.0 Å². The smallest absolute Gasteiger partial charge is 0.257 e. The summed E-state index contributed by atoms with van der Waals surface area (Å²) in [7, 11) is 3.16. The van der Waals surface area contributed by atoms with Crippen molar-refractivity contribution in [2.45, 2.75) is 6.42 Å². The fourth-order valence-electron chi connectivity index (χ4n) is 2.99. The Morgan fingerprint density at radius 2 is 1.93 bits per heavy atom. The van der Waals surface area contributed by atoms with Crippen LogP contribution in [0.4, 0.5) is 5.13 Å². The summed E-state index contributed by atoms with van der Waals surface area (Å²) in [6, 6.07) is 8.72. The van der Waals surface area contributed by atoms with Crippen molar-refractivity contribution in [2.24, 2.45) is 0 Å². The monoisotopic (exact) mass is 446 g/mol. The number of aromatic nitrogens is 1. The second kappa shape index (κ2) is 8.81. The van der Waals surface area contributed by atoms with Crippen LogP contribution in [-0.4, -0.2) is 38.3 Å². The van der Waals surface area contributed by atoms with Crippen molar-refractivity contribution in [1.29, 1.82) is 0 Å². The van der Waals surface area contributed by atoms with E-state index < -0.39 is 0 Å². The summed E-state index contributed by atoms with van der Waals surface area (Å²) in [5.41, 5.74) is 1.93. The summed E-state index contributed by atoms with van der Waals surface area (Å²) in [5.74, 6) is 1.85. The molecule has 7 nitrogen and oxygen atoms in total. The maximum atomic E-state index is 12.7. The average molecular weight is 447 g/mol. The third kappa shape index (κ3) is 4.15. The number of carbonyl (C=O) groups is 1. The second-order valence-corrected chi connectivity index (χ2v) is 7.66. The normalized spacial score (nSPS) is 12.8. The largest absolute Gasteiger partial charge is 0.493 e. The summed E-state index contributed by atoms with van der Waals surface area (Å²) >= 11 is 7.61. The van der Waals surface area contributed by atoms with Gasteiger partial charge in [-0.3, -0.25) is 10.1 Å². The molecule has 4 rings (SSSR count). The quantitative estimate of drug-likeness (QED) is 0.600. The highest BCUT2D eigenvalue weighted by Crippen LogP contribution is 2.38.